The molecule has 1 fully saturated rings. The summed E-state index contributed by atoms with van der Waals surface area (Å²) in [4.78, 5) is 33.1. The second kappa shape index (κ2) is 12.1. The lowest BCUT2D eigenvalue weighted by molar-refractivity contribution is -0.132. The molecule has 1 amide bonds. The minimum absolute atomic E-state index is 0.115. The summed E-state index contributed by atoms with van der Waals surface area (Å²) in [7, 11) is 0. The van der Waals surface area contributed by atoms with Crippen LogP contribution in [0.1, 0.15) is 55.8 Å². The lowest BCUT2D eigenvalue weighted by Crippen LogP contribution is -2.29. The first kappa shape index (κ1) is 28.3. The number of ketones is 1. The molecule has 1 atom stereocenters. The fourth-order valence-corrected chi connectivity index (χ4v) is 5.94. The van der Waals surface area contributed by atoms with Crippen LogP contribution in [-0.4, -0.2) is 35.0 Å². The number of hydrogen-bond acceptors (Lipinski definition) is 7. The van der Waals surface area contributed by atoms with Gasteiger partial charge in [-0.1, -0.05) is 43.2 Å². The van der Waals surface area contributed by atoms with E-state index in [1.165, 1.54) is 40.5 Å². The van der Waals surface area contributed by atoms with E-state index in [9.17, 15) is 19.1 Å². The van der Waals surface area contributed by atoms with Gasteiger partial charge in [0.15, 0.2) is 16.6 Å². The van der Waals surface area contributed by atoms with Crippen molar-refractivity contribution in [2.24, 2.45) is 0 Å². The fourth-order valence-electron chi connectivity index (χ4n) is 4.85. The van der Waals surface area contributed by atoms with E-state index >= 15 is 0 Å². The van der Waals surface area contributed by atoms with Gasteiger partial charge < -0.3 is 14.6 Å². The zero-order valence-corrected chi connectivity index (χ0v) is 24.0. The number of benzene rings is 3. The molecule has 0 aliphatic carbocycles. The predicted molar refractivity (Wildman–Crippen MR) is 158 cm³/mol. The second-order valence-electron chi connectivity index (χ2n) is 9.84. The van der Waals surface area contributed by atoms with E-state index in [-0.39, 0.29) is 11.1 Å². The number of Topliss-reactive ketones (excluding diaryl/α,β-unsaturated/α-hetero) is 1. The molecular formula is C32H31FN2O5S. The Hall–Kier alpha value is -4.24. The highest BCUT2D eigenvalue weighted by atomic mass is 32.1. The van der Waals surface area contributed by atoms with E-state index in [1.807, 2.05) is 32.0 Å². The summed E-state index contributed by atoms with van der Waals surface area (Å²) < 4.78 is 26.4. The van der Waals surface area contributed by atoms with Gasteiger partial charge in [-0.15, -0.1) is 0 Å². The van der Waals surface area contributed by atoms with Crippen LogP contribution in [0.2, 0.25) is 0 Å². The van der Waals surface area contributed by atoms with Crippen molar-refractivity contribution in [2.75, 3.05) is 18.1 Å². The molecule has 3 aromatic carbocycles. The van der Waals surface area contributed by atoms with Crippen molar-refractivity contribution in [3.8, 4) is 11.5 Å². The molecule has 0 bridgehead atoms. The summed E-state index contributed by atoms with van der Waals surface area (Å²) in [5, 5.41) is 11.7. The SMILES string of the molecule is CCCCCOc1ccc(C2C(=C(O)c3ccc(F)cc3)C(=O)C(=O)N2c2nc3ccc(C)cc3s2)cc1OCC. The first-order chi connectivity index (χ1) is 19.8. The Bertz CT molecular complexity index is 1630. The van der Waals surface area contributed by atoms with Crippen LogP contribution in [-0.2, 0) is 9.59 Å². The van der Waals surface area contributed by atoms with Gasteiger partial charge in [-0.05, 0) is 79.9 Å². The highest BCUT2D eigenvalue weighted by Crippen LogP contribution is 2.46. The molecule has 5 rings (SSSR count). The summed E-state index contributed by atoms with van der Waals surface area (Å²) in [6.07, 6.45) is 3.01. The molecule has 41 heavy (non-hydrogen) atoms. The smallest absolute Gasteiger partial charge is 0.301 e. The third-order valence-corrected chi connectivity index (χ3v) is 7.91. The van der Waals surface area contributed by atoms with Crippen LogP contribution in [0, 0.1) is 12.7 Å². The number of fused-ring (bicyclic) bond motifs is 1. The van der Waals surface area contributed by atoms with Crippen molar-refractivity contribution >= 4 is 44.1 Å². The molecule has 1 unspecified atom stereocenters. The fraction of sp³-hybridized carbons (Fsp3) is 0.281. The number of nitrogens with zero attached hydrogens (tertiary/aromatic N) is 2. The Morgan fingerprint density at radius 1 is 1.00 bits per heavy atom. The van der Waals surface area contributed by atoms with E-state index in [1.54, 1.807) is 18.2 Å². The molecule has 0 radical (unpaired) electrons. The van der Waals surface area contributed by atoms with Gasteiger partial charge in [0.05, 0.1) is 35.0 Å². The summed E-state index contributed by atoms with van der Waals surface area (Å²) in [6.45, 7) is 6.85. The Morgan fingerprint density at radius 3 is 2.51 bits per heavy atom. The average molecular weight is 575 g/mol. The summed E-state index contributed by atoms with van der Waals surface area (Å²) >= 11 is 1.29. The van der Waals surface area contributed by atoms with Gasteiger partial charge in [-0.25, -0.2) is 9.37 Å². The van der Waals surface area contributed by atoms with Crippen LogP contribution in [0.4, 0.5) is 9.52 Å². The summed E-state index contributed by atoms with van der Waals surface area (Å²) in [5.74, 6) is -1.53. The van der Waals surface area contributed by atoms with E-state index in [0.29, 0.717) is 40.9 Å². The number of hydrogen-bond donors (Lipinski definition) is 1. The van der Waals surface area contributed by atoms with Crippen molar-refractivity contribution in [3.63, 3.8) is 0 Å². The third kappa shape index (κ3) is 5.67. The van der Waals surface area contributed by atoms with Gasteiger partial charge in [0.1, 0.15) is 11.6 Å². The number of carbonyl (C=O) groups excluding carboxylic acids is 2. The highest BCUT2D eigenvalue weighted by Gasteiger charge is 2.48. The number of halogens is 1. The zero-order valence-electron chi connectivity index (χ0n) is 23.1. The van der Waals surface area contributed by atoms with Crippen molar-refractivity contribution in [2.45, 2.75) is 46.1 Å². The Morgan fingerprint density at radius 2 is 1.78 bits per heavy atom. The van der Waals surface area contributed by atoms with Crippen LogP contribution in [0.5, 0.6) is 11.5 Å². The molecule has 1 aliphatic rings. The molecule has 212 valence electrons. The van der Waals surface area contributed by atoms with Crippen molar-refractivity contribution in [1.29, 1.82) is 0 Å². The number of thiazole rings is 1. The molecule has 1 N–H and O–H groups in total. The second-order valence-corrected chi connectivity index (χ2v) is 10.8. The lowest BCUT2D eigenvalue weighted by atomic mass is 9.95. The number of aryl methyl sites for hydroxylation is 1. The summed E-state index contributed by atoms with van der Waals surface area (Å²) in [5.41, 5.74) is 2.37. The third-order valence-electron chi connectivity index (χ3n) is 6.89. The molecule has 7 nitrogen and oxygen atoms in total. The van der Waals surface area contributed by atoms with Crippen LogP contribution in [0.3, 0.4) is 0 Å². The van der Waals surface area contributed by atoms with Crippen molar-refractivity contribution in [3.05, 3.63) is 88.7 Å². The van der Waals surface area contributed by atoms with Gasteiger partial charge in [0.2, 0.25) is 0 Å². The van der Waals surface area contributed by atoms with Gasteiger partial charge in [0.25, 0.3) is 5.78 Å². The van der Waals surface area contributed by atoms with Gasteiger partial charge in [0, 0.05) is 5.56 Å². The monoisotopic (exact) mass is 574 g/mol. The lowest BCUT2D eigenvalue weighted by Gasteiger charge is -2.24. The number of unbranched alkanes of at least 4 members (excludes halogenated alkanes) is 2. The first-order valence-corrected chi connectivity index (χ1v) is 14.5. The number of carbonyl (C=O) groups is 2. The maximum absolute atomic E-state index is 13.6. The van der Waals surface area contributed by atoms with Crippen molar-refractivity contribution < 1.29 is 28.6 Å². The number of aliphatic hydroxyl groups is 1. The minimum atomic E-state index is -1.00. The molecule has 0 spiro atoms. The quantitative estimate of drug-likeness (QED) is 0.0923. The van der Waals surface area contributed by atoms with Crippen molar-refractivity contribution in [1.82, 2.24) is 4.98 Å². The molecule has 0 saturated carbocycles. The number of aliphatic hydroxyl groups excluding tert-OH is 1. The average Bonchev–Trinajstić information content (AvgIpc) is 3.49. The van der Waals surface area contributed by atoms with E-state index in [4.69, 9.17) is 9.47 Å². The Kier molecular flexibility index (Phi) is 8.35. The molecule has 9 heteroatoms. The van der Waals surface area contributed by atoms with Crippen LogP contribution < -0.4 is 14.4 Å². The normalized spacial score (nSPS) is 16.5. The Labute approximate surface area is 241 Å². The number of rotatable bonds is 10. The van der Waals surface area contributed by atoms with Crippen LogP contribution in [0.15, 0.2) is 66.2 Å². The standard InChI is InChI=1S/C32H31FN2O5S/c1-4-6-7-16-40-24-15-11-21(18-25(24)39-5-2)28-27(29(36)20-9-12-22(33)13-10-20)30(37)31(38)35(28)32-34-23-14-8-19(3)17-26(23)41-32/h8-15,17-18,28,36H,4-7,16H2,1-3H3. The van der Waals surface area contributed by atoms with E-state index < -0.39 is 29.3 Å². The Balaban J connectivity index is 1.66. The first-order valence-electron chi connectivity index (χ1n) is 13.7. The molecule has 1 saturated heterocycles. The predicted octanol–water partition coefficient (Wildman–Crippen LogP) is 7.34. The maximum atomic E-state index is 13.6. The minimum Gasteiger partial charge on any atom is -0.507 e. The van der Waals surface area contributed by atoms with Gasteiger partial charge in [-0.3, -0.25) is 14.5 Å². The molecule has 1 aromatic heterocycles. The number of amides is 1. The number of anilines is 1. The van der Waals surface area contributed by atoms with Crippen LogP contribution >= 0.6 is 11.3 Å². The topological polar surface area (TPSA) is 89.0 Å². The van der Waals surface area contributed by atoms with Gasteiger partial charge in [-0.2, -0.15) is 0 Å². The zero-order chi connectivity index (χ0) is 29.1. The van der Waals surface area contributed by atoms with E-state index in [0.717, 1.165) is 29.5 Å². The molecule has 4 aromatic rings. The molecule has 1 aliphatic heterocycles. The van der Waals surface area contributed by atoms with Gasteiger partial charge >= 0.3 is 5.91 Å². The number of aromatic nitrogens is 1. The summed E-state index contributed by atoms with van der Waals surface area (Å²) in [6, 6.07) is 15.1. The maximum Gasteiger partial charge on any atom is 0.301 e. The highest BCUT2D eigenvalue weighted by molar-refractivity contribution is 7.22. The molecular weight excluding hydrogens is 543 g/mol. The molecule has 2 heterocycles. The largest absolute Gasteiger partial charge is 0.507 e. The number of ether oxygens (including phenoxy) is 2. The van der Waals surface area contributed by atoms with Crippen LogP contribution in [0.25, 0.3) is 16.0 Å². The van der Waals surface area contributed by atoms with E-state index in [2.05, 4.69) is 11.9 Å².